The number of benzene rings is 2. The molecule has 0 spiro atoms. The van der Waals surface area contributed by atoms with Crippen LogP contribution >= 0.6 is 0 Å². The fourth-order valence-electron chi connectivity index (χ4n) is 2.03. The van der Waals surface area contributed by atoms with E-state index in [2.05, 4.69) is 10.3 Å². The summed E-state index contributed by atoms with van der Waals surface area (Å²) in [7, 11) is 0. The molecule has 0 saturated carbocycles. The minimum atomic E-state index is -0.341. The summed E-state index contributed by atoms with van der Waals surface area (Å²) in [5.74, 6) is -0.211. The molecule has 0 fully saturated rings. The van der Waals surface area contributed by atoms with Gasteiger partial charge >= 0.3 is 0 Å². The molecule has 1 unspecified atom stereocenters. The van der Waals surface area contributed by atoms with Gasteiger partial charge in [0.2, 0.25) is 0 Å². The second-order valence-electron chi connectivity index (χ2n) is 5.42. The summed E-state index contributed by atoms with van der Waals surface area (Å²) in [6.07, 6.45) is 1.58. The van der Waals surface area contributed by atoms with E-state index < -0.39 is 0 Å². The van der Waals surface area contributed by atoms with E-state index in [-0.39, 0.29) is 29.0 Å². The molecule has 23 heavy (non-hydrogen) atoms. The summed E-state index contributed by atoms with van der Waals surface area (Å²) in [6, 6.07) is 11.7. The third kappa shape index (κ3) is 4.57. The number of aryl methyl sites for hydroxylation is 1. The van der Waals surface area contributed by atoms with Crippen LogP contribution in [-0.2, 0) is 0 Å². The maximum atomic E-state index is 12.0. The lowest BCUT2D eigenvalue weighted by Gasteiger charge is -2.10. The fraction of sp³-hybridized carbons (Fsp3) is 0.222. The normalized spacial score (nSPS) is 12.3. The van der Waals surface area contributed by atoms with Crippen LogP contribution in [0.4, 0.5) is 0 Å². The Bertz CT molecular complexity index is 726. The zero-order chi connectivity index (χ0) is 16.8. The highest BCUT2D eigenvalue weighted by atomic mass is 16.3. The lowest BCUT2D eigenvalue weighted by atomic mass is 10.1. The first-order chi connectivity index (χ1) is 11.0. The highest BCUT2D eigenvalue weighted by Crippen LogP contribution is 2.18. The lowest BCUT2D eigenvalue weighted by molar-refractivity contribution is 0.0949. The van der Waals surface area contributed by atoms with Gasteiger partial charge in [-0.15, -0.1) is 0 Å². The predicted molar refractivity (Wildman–Crippen MR) is 90.3 cm³/mol. The largest absolute Gasteiger partial charge is 0.507 e. The third-order valence-corrected chi connectivity index (χ3v) is 3.36. The molecule has 3 N–H and O–H groups in total. The number of amides is 1. The van der Waals surface area contributed by atoms with Gasteiger partial charge in [0, 0.05) is 18.3 Å². The number of hydrogen-bond donors (Lipinski definition) is 3. The lowest BCUT2D eigenvalue weighted by Crippen LogP contribution is -2.30. The number of para-hydroxylation sites is 1. The van der Waals surface area contributed by atoms with Crippen LogP contribution in [0.15, 0.2) is 47.5 Å². The zero-order valence-corrected chi connectivity index (χ0v) is 13.2. The van der Waals surface area contributed by atoms with Crippen molar-refractivity contribution in [2.45, 2.75) is 19.9 Å². The molecule has 0 aliphatic heterocycles. The standard InChI is InChI=1S/C18H20N2O3/c1-12-7-8-15(17(22)9-12)18(23)20-10-13(2)19-11-14-5-3-4-6-16(14)21/h3-9,11,13,21-22H,10H2,1-2H3,(H,20,23). The highest BCUT2D eigenvalue weighted by molar-refractivity contribution is 5.96. The topological polar surface area (TPSA) is 81.9 Å². The van der Waals surface area contributed by atoms with Crippen molar-refractivity contribution >= 4 is 12.1 Å². The number of phenols is 2. The van der Waals surface area contributed by atoms with Crippen LogP contribution in [0.3, 0.4) is 0 Å². The van der Waals surface area contributed by atoms with Crippen molar-refractivity contribution in [1.82, 2.24) is 5.32 Å². The minimum Gasteiger partial charge on any atom is -0.507 e. The van der Waals surface area contributed by atoms with Crippen molar-refractivity contribution in [1.29, 1.82) is 0 Å². The summed E-state index contributed by atoms with van der Waals surface area (Å²) in [5, 5.41) is 22.2. The van der Waals surface area contributed by atoms with E-state index in [1.807, 2.05) is 19.9 Å². The third-order valence-electron chi connectivity index (χ3n) is 3.36. The van der Waals surface area contributed by atoms with Crippen molar-refractivity contribution in [3.05, 3.63) is 59.2 Å². The van der Waals surface area contributed by atoms with Gasteiger partial charge in [-0.05, 0) is 43.7 Å². The highest BCUT2D eigenvalue weighted by Gasteiger charge is 2.11. The molecule has 1 atom stereocenters. The van der Waals surface area contributed by atoms with E-state index >= 15 is 0 Å². The van der Waals surface area contributed by atoms with Crippen molar-refractivity contribution < 1.29 is 15.0 Å². The molecule has 2 aromatic carbocycles. The zero-order valence-electron chi connectivity index (χ0n) is 13.2. The van der Waals surface area contributed by atoms with Crippen LogP contribution in [0.2, 0.25) is 0 Å². The summed E-state index contributed by atoms with van der Waals surface area (Å²) in [6.45, 7) is 4.03. The monoisotopic (exact) mass is 312 g/mol. The molecule has 0 aliphatic rings. The number of aliphatic imine (C=N–C) groups is 1. The molecular formula is C18H20N2O3. The van der Waals surface area contributed by atoms with Gasteiger partial charge in [0.05, 0.1) is 11.6 Å². The van der Waals surface area contributed by atoms with Crippen LogP contribution < -0.4 is 5.32 Å². The maximum Gasteiger partial charge on any atom is 0.255 e. The van der Waals surface area contributed by atoms with Crippen LogP contribution in [0.1, 0.15) is 28.4 Å². The molecule has 0 radical (unpaired) electrons. The van der Waals surface area contributed by atoms with Gasteiger partial charge in [-0.1, -0.05) is 18.2 Å². The predicted octanol–water partition coefficient (Wildman–Crippen LogP) is 2.64. The van der Waals surface area contributed by atoms with E-state index in [0.717, 1.165) is 5.56 Å². The number of hydrogen-bond acceptors (Lipinski definition) is 4. The van der Waals surface area contributed by atoms with Crippen LogP contribution in [0.25, 0.3) is 0 Å². The Balaban J connectivity index is 1.92. The Hall–Kier alpha value is -2.82. The average molecular weight is 312 g/mol. The molecule has 0 bridgehead atoms. The van der Waals surface area contributed by atoms with Gasteiger partial charge in [-0.2, -0.15) is 0 Å². The van der Waals surface area contributed by atoms with Crippen LogP contribution in [0, 0.1) is 6.92 Å². The Labute approximate surface area is 135 Å². The molecule has 1 amide bonds. The Kier molecular flexibility index (Phi) is 5.36. The first-order valence-electron chi connectivity index (χ1n) is 7.36. The van der Waals surface area contributed by atoms with Crippen molar-refractivity contribution in [2.75, 3.05) is 6.54 Å². The van der Waals surface area contributed by atoms with Crippen LogP contribution in [-0.4, -0.2) is 34.9 Å². The second kappa shape index (κ2) is 7.45. The Morgan fingerprint density at radius 1 is 1.22 bits per heavy atom. The first-order valence-corrected chi connectivity index (χ1v) is 7.36. The van der Waals surface area contributed by atoms with E-state index in [4.69, 9.17) is 0 Å². The van der Waals surface area contributed by atoms with E-state index in [1.54, 1.807) is 42.6 Å². The van der Waals surface area contributed by atoms with E-state index in [9.17, 15) is 15.0 Å². The van der Waals surface area contributed by atoms with Crippen LogP contribution in [0.5, 0.6) is 11.5 Å². The average Bonchev–Trinajstić information content (AvgIpc) is 2.52. The van der Waals surface area contributed by atoms with Gasteiger partial charge in [0.25, 0.3) is 5.91 Å². The number of carbonyl (C=O) groups is 1. The molecule has 2 aromatic rings. The molecule has 0 saturated heterocycles. The number of phenolic OH excluding ortho intramolecular Hbond substituents is 2. The molecule has 5 nitrogen and oxygen atoms in total. The van der Waals surface area contributed by atoms with Crippen molar-refractivity contribution in [3.63, 3.8) is 0 Å². The first kappa shape index (κ1) is 16.5. The quantitative estimate of drug-likeness (QED) is 0.742. The summed E-state index contributed by atoms with van der Waals surface area (Å²) >= 11 is 0. The molecular weight excluding hydrogens is 292 g/mol. The number of carbonyl (C=O) groups excluding carboxylic acids is 1. The van der Waals surface area contributed by atoms with Gasteiger partial charge < -0.3 is 15.5 Å². The molecule has 120 valence electrons. The maximum absolute atomic E-state index is 12.0. The minimum absolute atomic E-state index is 0.0344. The van der Waals surface area contributed by atoms with Crippen molar-refractivity contribution in [3.8, 4) is 11.5 Å². The van der Waals surface area contributed by atoms with Gasteiger partial charge in [0.15, 0.2) is 0 Å². The van der Waals surface area contributed by atoms with Crippen molar-refractivity contribution in [2.24, 2.45) is 4.99 Å². The number of aromatic hydroxyl groups is 2. The number of nitrogens with zero attached hydrogens (tertiary/aromatic N) is 1. The van der Waals surface area contributed by atoms with Gasteiger partial charge in [-0.3, -0.25) is 9.79 Å². The van der Waals surface area contributed by atoms with Gasteiger partial charge in [-0.25, -0.2) is 0 Å². The van der Waals surface area contributed by atoms with E-state index in [0.29, 0.717) is 12.1 Å². The van der Waals surface area contributed by atoms with E-state index in [1.165, 1.54) is 0 Å². The number of rotatable bonds is 5. The SMILES string of the molecule is Cc1ccc(C(=O)NCC(C)N=Cc2ccccc2O)c(O)c1. The fourth-order valence-corrected chi connectivity index (χ4v) is 2.03. The molecule has 0 heterocycles. The Morgan fingerprint density at radius 2 is 1.96 bits per heavy atom. The smallest absolute Gasteiger partial charge is 0.255 e. The molecule has 0 aliphatic carbocycles. The Morgan fingerprint density at radius 3 is 2.65 bits per heavy atom. The second-order valence-corrected chi connectivity index (χ2v) is 5.42. The summed E-state index contributed by atoms with van der Waals surface area (Å²) in [4.78, 5) is 16.3. The summed E-state index contributed by atoms with van der Waals surface area (Å²) in [5.41, 5.74) is 1.76. The summed E-state index contributed by atoms with van der Waals surface area (Å²) < 4.78 is 0. The molecule has 2 rings (SSSR count). The molecule has 5 heteroatoms. The van der Waals surface area contributed by atoms with Gasteiger partial charge in [0.1, 0.15) is 11.5 Å². The molecule has 0 aromatic heterocycles. The number of nitrogens with one attached hydrogen (secondary N) is 1.